The van der Waals surface area contributed by atoms with E-state index in [1.165, 1.54) is 11.8 Å². The van der Waals surface area contributed by atoms with Crippen LogP contribution in [0.4, 0.5) is 18.9 Å². The lowest BCUT2D eigenvalue weighted by atomic mass is 10.1. The van der Waals surface area contributed by atoms with E-state index >= 15 is 0 Å². The van der Waals surface area contributed by atoms with E-state index in [0.29, 0.717) is 10.6 Å². The van der Waals surface area contributed by atoms with Crippen molar-refractivity contribution < 1.29 is 22.9 Å². The number of H-pyrrole nitrogens is 1. The lowest BCUT2D eigenvalue weighted by Crippen LogP contribution is -3.08. The first-order valence-corrected chi connectivity index (χ1v) is 10.2. The Hall–Kier alpha value is -2.85. The molecule has 30 heavy (non-hydrogen) atoms. The molecular weight excluding hydrogens is 417 g/mol. The van der Waals surface area contributed by atoms with Gasteiger partial charge in [-0.25, -0.2) is 4.98 Å². The van der Waals surface area contributed by atoms with Crippen LogP contribution in [0.5, 0.6) is 0 Å². The molecule has 1 amide bonds. The van der Waals surface area contributed by atoms with Gasteiger partial charge in [0.05, 0.1) is 29.2 Å². The molecule has 0 saturated carbocycles. The van der Waals surface area contributed by atoms with E-state index in [1.807, 2.05) is 24.5 Å². The van der Waals surface area contributed by atoms with E-state index in [-0.39, 0.29) is 35.7 Å². The van der Waals surface area contributed by atoms with Gasteiger partial charge in [-0.2, -0.15) is 13.2 Å². The minimum atomic E-state index is -4.52. The molecule has 0 radical (unpaired) electrons. The molecule has 0 saturated heterocycles. The van der Waals surface area contributed by atoms with Crippen LogP contribution in [0.2, 0.25) is 0 Å². The zero-order chi connectivity index (χ0) is 21.9. The van der Waals surface area contributed by atoms with Gasteiger partial charge >= 0.3 is 6.18 Å². The average Bonchev–Trinajstić information content (AvgIpc) is 2.67. The predicted octanol–water partition coefficient (Wildman–Crippen LogP) is 2.32. The number of thioether (sulfide) groups is 1. The van der Waals surface area contributed by atoms with Crippen LogP contribution in [-0.2, 0) is 17.5 Å². The number of quaternary nitrogens is 1. The van der Waals surface area contributed by atoms with Crippen molar-refractivity contribution in [2.45, 2.75) is 17.6 Å². The normalized spacial score (nSPS) is 12.7. The Kier molecular flexibility index (Phi) is 6.47. The van der Waals surface area contributed by atoms with E-state index in [4.69, 9.17) is 0 Å². The van der Waals surface area contributed by atoms with Gasteiger partial charge in [0.15, 0.2) is 12.4 Å². The van der Waals surface area contributed by atoms with Crippen LogP contribution in [0.3, 0.4) is 0 Å². The van der Waals surface area contributed by atoms with Gasteiger partial charge < -0.3 is 15.2 Å². The summed E-state index contributed by atoms with van der Waals surface area (Å²) in [6.45, 7) is 0.256. The van der Waals surface area contributed by atoms with Crippen LogP contribution in [0.1, 0.15) is 11.4 Å². The Bertz CT molecular complexity index is 1130. The number of amides is 1. The fraction of sp³-hybridized carbons (Fsp3) is 0.250. The Labute approximate surface area is 174 Å². The number of benzene rings is 2. The van der Waals surface area contributed by atoms with Gasteiger partial charge in [0, 0.05) is 4.90 Å². The number of carbonyl (C=O) groups excluding carboxylic acids is 1. The number of likely N-dealkylation sites (N-methyl/N-ethyl adjacent to an activating group) is 1. The van der Waals surface area contributed by atoms with Crippen molar-refractivity contribution in [3.63, 3.8) is 0 Å². The maximum atomic E-state index is 12.9. The highest BCUT2D eigenvalue weighted by Crippen LogP contribution is 2.30. The maximum absolute atomic E-state index is 12.9. The summed E-state index contributed by atoms with van der Waals surface area (Å²) in [7, 11) is 1.73. The number of alkyl halides is 3. The molecule has 1 aromatic heterocycles. The zero-order valence-electron chi connectivity index (χ0n) is 16.3. The number of fused-ring (bicyclic) bond motifs is 1. The molecule has 1 unspecified atom stereocenters. The Morgan fingerprint density at radius 1 is 1.23 bits per heavy atom. The van der Waals surface area contributed by atoms with Gasteiger partial charge in [-0.15, -0.1) is 11.8 Å². The van der Waals surface area contributed by atoms with E-state index in [2.05, 4.69) is 15.3 Å². The highest BCUT2D eigenvalue weighted by Gasteiger charge is 2.30. The molecule has 0 aliphatic heterocycles. The first-order valence-electron chi connectivity index (χ1n) is 9.01. The smallest absolute Gasteiger partial charge is 0.323 e. The van der Waals surface area contributed by atoms with Gasteiger partial charge in [-0.05, 0) is 36.6 Å². The summed E-state index contributed by atoms with van der Waals surface area (Å²) in [6, 6.07) is 10.2. The van der Waals surface area contributed by atoms with Crippen LogP contribution in [-0.4, -0.2) is 35.7 Å². The summed E-state index contributed by atoms with van der Waals surface area (Å²) in [5.74, 6) is -0.0156. The van der Waals surface area contributed by atoms with Crippen molar-refractivity contribution in [1.82, 2.24) is 9.97 Å². The molecule has 1 heterocycles. The first kappa shape index (κ1) is 21.8. The van der Waals surface area contributed by atoms with Crippen LogP contribution in [0, 0.1) is 0 Å². The molecule has 0 bridgehead atoms. The number of anilines is 1. The molecule has 0 aliphatic carbocycles. The van der Waals surface area contributed by atoms with Crippen LogP contribution in [0.15, 0.2) is 52.2 Å². The Balaban J connectivity index is 1.73. The lowest BCUT2D eigenvalue weighted by molar-refractivity contribution is -0.885. The van der Waals surface area contributed by atoms with E-state index in [0.717, 1.165) is 23.1 Å². The highest BCUT2D eigenvalue weighted by atomic mass is 32.2. The third-order valence-electron chi connectivity index (χ3n) is 4.40. The fourth-order valence-electron chi connectivity index (χ4n) is 3.01. The highest BCUT2D eigenvalue weighted by molar-refractivity contribution is 7.98. The number of nitrogens with one attached hydrogen (secondary N) is 3. The number of carbonyl (C=O) groups is 1. The topological polar surface area (TPSA) is 79.3 Å². The second kappa shape index (κ2) is 8.88. The number of halogens is 3. The van der Waals surface area contributed by atoms with E-state index in [1.54, 1.807) is 13.1 Å². The summed E-state index contributed by atoms with van der Waals surface area (Å²) >= 11 is 1.51. The first-order chi connectivity index (χ1) is 14.2. The second-order valence-electron chi connectivity index (χ2n) is 6.80. The van der Waals surface area contributed by atoms with E-state index in [9.17, 15) is 22.8 Å². The van der Waals surface area contributed by atoms with Gasteiger partial charge in [0.2, 0.25) is 0 Å². The van der Waals surface area contributed by atoms with Gasteiger partial charge in [-0.3, -0.25) is 9.59 Å². The molecule has 0 fully saturated rings. The summed E-state index contributed by atoms with van der Waals surface area (Å²) in [5.41, 5.74) is -0.712. The standard InChI is InChI=1S/C20H19F3N4O2S/c1-27(11-18(28)25-14-5-3-4-6-16(14)30-2)10-17-24-15-9-12(20(21,22)23)7-8-13(15)19(29)26-17/h3-9H,10-11H2,1-2H3,(H,25,28)(H,24,26,29)/p+1. The third kappa shape index (κ3) is 5.19. The van der Waals surface area contributed by atoms with Crippen molar-refractivity contribution in [3.05, 3.63) is 64.2 Å². The number of hydrogen-bond donors (Lipinski definition) is 3. The zero-order valence-corrected chi connectivity index (χ0v) is 17.1. The van der Waals surface area contributed by atoms with Crippen LogP contribution < -0.4 is 15.8 Å². The van der Waals surface area contributed by atoms with Gasteiger partial charge in [0.1, 0.15) is 6.54 Å². The SMILES string of the molecule is CSc1ccccc1NC(=O)C[NH+](C)Cc1nc2cc(C(F)(F)F)ccc2c(=O)[nH]1. The lowest BCUT2D eigenvalue weighted by Gasteiger charge is -2.15. The number of nitrogens with zero attached hydrogens (tertiary/aromatic N) is 1. The van der Waals surface area contributed by atoms with Crippen molar-refractivity contribution in [3.8, 4) is 0 Å². The monoisotopic (exact) mass is 437 g/mol. The quantitative estimate of drug-likeness (QED) is 0.517. The van der Waals surface area contributed by atoms with Crippen LogP contribution >= 0.6 is 11.8 Å². The molecule has 10 heteroatoms. The fourth-order valence-corrected chi connectivity index (χ4v) is 3.57. The largest absolute Gasteiger partial charge is 0.416 e. The number of rotatable bonds is 6. The number of aromatic amines is 1. The van der Waals surface area contributed by atoms with Gasteiger partial charge in [-0.1, -0.05) is 12.1 Å². The summed E-state index contributed by atoms with van der Waals surface area (Å²) in [6.07, 6.45) is -2.61. The average molecular weight is 437 g/mol. The number of aromatic nitrogens is 2. The maximum Gasteiger partial charge on any atom is 0.416 e. The van der Waals surface area contributed by atoms with Crippen molar-refractivity contribution in [1.29, 1.82) is 0 Å². The van der Waals surface area contributed by atoms with E-state index < -0.39 is 17.3 Å². The summed E-state index contributed by atoms with van der Waals surface area (Å²) < 4.78 is 38.8. The molecule has 6 nitrogen and oxygen atoms in total. The number of hydrogen-bond acceptors (Lipinski definition) is 4. The summed E-state index contributed by atoms with van der Waals surface area (Å²) in [5, 5.41) is 2.92. The minimum Gasteiger partial charge on any atom is -0.323 e. The molecule has 2 aromatic carbocycles. The Morgan fingerprint density at radius 2 is 1.97 bits per heavy atom. The van der Waals surface area contributed by atoms with Crippen molar-refractivity contribution >= 4 is 34.3 Å². The molecule has 3 aromatic rings. The molecule has 0 aliphatic rings. The molecule has 0 spiro atoms. The third-order valence-corrected chi connectivity index (χ3v) is 5.19. The minimum absolute atomic E-state index is 0.0327. The van der Waals surface area contributed by atoms with Crippen molar-refractivity contribution in [2.24, 2.45) is 0 Å². The molecule has 158 valence electrons. The van der Waals surface area contributed by atoms with Gasteiger partial charge in [0.25, 0.3) is 11.5 Å². The molecule has 3 rings (SSSR count). The predicted molar refractivity (Wildman–Crippen MR) is 110 cm³/mol. The molecule has 3 N–H and O–H groups in total. The second-order valence-corrected chi connectivity index (χ2v) is 7.65. The van der Waals surface area contributed by atoms with Crippen LogP contribution in [0.25, 0.3) is 10.9 Å². The molecular formula is C20H20F3N4O2S+. The summed E-state index contributed by atoms with van der Waals surface area (Å²) in [4.78, 5) is 32.9. The molecule has 1 atom stereocenters. The van der Waals surface area contributed by atoms with Crippen molar-refractivity contribution in [2.75, 3.05) is 25.2 Å². The number of para-hydroxylation sites is 1. The Morgan fingerprint density at radius 3 is 2.67 bits per heavy atom.